The van der Waals surface area contributed by atoms with Crippen LogP contribution in [0.15, 0.2) is 54.6 Å². The summed E-state index contributed by atoms with van der Waals surface area (Å²) in [6.07, 6.45) is 0.0228. The second-order valence-corrected chi connectivity index (χ2v) is 5.13. The molecule has 1 amide bonds. The van der Waals surface area contributed by atoms with E-state index in [1.165, 1.54) is 4.90 Å². The van der Waals surface area contributed by atoms with Gasteiger partial charge in [0.2, 0.25) is 5.91 Å². The summed E-state index contributed by atoms with van der Waals surface area (Å²) in [5, 5.41) is 9.09. The molecule has 2 aromatic carbocycles. The third kappa shape index (κ3) is 2.79. The van der Waals surface area contributed by atoms with Crippen molar-refractivity contribution < 1.29 is 19.4 Å². The van der Waals surface area contributed by atoms with Gasteiger partial charge >= 0.3 is 5.97 Å². The summed E-state index contributed by atoms with van der Waals surface area (Å²) in [7, 11) is 0. The molecule has 0 aromatic heterocycles. The highest BCUT2D eigenvalue weighted by molar-refractivity contribution is 6.00. The van der Waals surface area contributed by atoms with E-state index in [-0.39, 0.29) is 18.9 Å². The van der Waals surface area contributed by atoms with Crippen molar-refractivity contribution in [3.8, 4) is 11.5 Å². The number of para-hydroxylation sites is 3. The minimum atomic E-state index is -0.947. The molecule has 2 aromatic rings. The summed E-state index contributed by atoms with van der Waals surface area (Å²) in [5.41, 5.74) is 0.597. The third-order valence-corrected chi connectivity index (χ3v) is 3.60. The van der Waals surface area contributed by atoms with Crippen LogP contribution in [0.2, 0.25) is 0 Å². The van der Waals surface area contributed by atoms with Gasteiger partial charge in [-0.25, -0.2) is 0 Å². The van der Waals surface area contributed by atoms with Crippen molar-refractivity contribution in [2.75, 3.05) is 11.4 Å². The highest BCUT2D eigenvalue weighted by Gasteiger charge is 2.36. The Morgan fingerprint density at radius 1 is 1.09 bits per heavy atom. The molecule has 1 saturated heterocycles. The fourth-order valence-corrected chi connectivity index (χ4v) is 2.49. The number of nitrogens with zero attached hydrogens (tertiary/aromatic N) is 1. The Balaban J connectivity index is 1.89. The van der Waals surface area contributed by atoms with E-state index >= 15 is 0 Å². The van der Waals surface area contributed by atoms with Gasteiger partial charge in [0.15, 0.2) is 5.75 Å². The Hall–Kier alpha value is -2.82. The zero-order chi connectivity index (χ0) is 15.5. The number of carboxylic acid groups (broad SMARTS) is 1. The minimum absolute atomic E-state index is 0.0228. The number of amides is 1. The third-order valence-electron chi connectivity index (χ3n) is 3.60. The van der Waals surface area contributed by atoms with Gasteiger partial charge in [-0.15, -0.1) is 0 Å². The van der Waals surface area contributed by atoms with Gasteiger partial charge in [0.25, 0.3) is 0 Å². The van der Waals surface area contributed by atoms with Crippen LogP contribution in [-0.4, -0.2) is 23.5 Å². The van der Waals surface area contributed by atoms with E-state index in [1.54, 1.807) is 18.2 Å². The number of carbonyl (C=O) groups excluding carboxylic acids is 1. The minimum Gasteiger partial charge on any atom is -0.481 e. The highest BCUT2D eigenvalue weighted by atomic mass is 16.5. The van der Waals surface area contributed by atoms with Crippen LogP contribution in [0.25, 0.3) is 0 Å². The smallest absolute Gasteiger partial charge is 0.308 e. The Bertz CT molecular complexity index is 699. The molecule has 0 aliphatic carbocycles. The summed E-state index contributed by atoms with van der Waals surface area (Å²) >= 11 is 0. The molecule has 1 aliphatic rings. The summed E-state index contributed by atoms with van der Waals surface area (Å²) in [6, 6.07) is 16.4. The van der Waals surface area contributed by atoms with Gasteiger partial charge in [0, 0.05) is 13.0 Å². The number of benzene rings is 2. The first-order valence-electron chi connectivity index (χ1n) is 7.00. The summed E-state index contributed by atoms with van der Waals surface area (Å²) in [6.45, 7) is 0.170. The van der Waals surface area contributed by atoms with Gasteiger partial charge in [-0.2, -0.15) is 0 Å². The van der Waals surface area contributed by atoms with Crippen molar-refractivity contribution >= 4 is 17.6 Å². The van der Waals surface area contributed by atoms with Crippen LogP contribution in [0.4, 0.5) is 5.69 Å². The summed E-state index contributed by atoms with van der Waals surface area (Å²) in [4.78, 5) is 24.7. The molecule has 1 atom stereocenters. The number of carboxylic acids is 1. The molecule has 0 saturated carbocycles. The lowest BCUT2D eigenvalue weighted by Crippen LogP contribution is -2.26. The Labute approximate surface area is 127 Å². The van der Waals surface area contributed by atoms with E-state index in [2.05, 4.69) is 0 Å². The van der Waals surface area contributed by atoms with Crippen molar-refractivity contribution in [2.45, 2.75) is 6.42 Å². The van der Waals surface area contributed by atoms with E-state index in [0.29, 0.717) is 17.2 Å². The number of anilines is 1. The van der Waals surface area contributed by atoms with E-state index in [1.807, 2.05) is 36.4 Å². The molecule has 0 bridgehead atoms. The number of hydrogen-bond donors (Lipinski definition) is 1. The quantitative estimate of drug-likeness (QED) is 0.942. The normalized spacial score (nSPS) is 17.5. The average molecular weight is 297 g/mol. The number of hydrogen-bond acceptors (Lipinski definition) is 3. The molecular formula is C17H15NO4. The lowest BCUT2D eigenvalue weighted by atomic mass is 10.1. The second kappa shape index (κ2) is 5.89. The molecule has 22 heavy (non-hydrogen) atoms. The Morgan fingerprint density at radius 2 is 1.77 bits per heavy atom. The van der Waals surface area contributed by atoms with Crippen molar-refractivity contribution in [3.63, 3.8) is 0 Å². The van der Waals surface area contributed by atoms with Gasteiger partial charge in [0.1, 0.15) is 5.75 Å². The van der Waals surface area contributed by atoms with Gasteiger partial charge in [0.05, 0.1) is 11.6 Å². The molecule has 1 fully saturated rings. The molecule has 0 spiro atoms. The van der Waals surface area contributed by atoms with E-state index in [4.69, 9.17) is 9.84 Å². The highest BCUT2D eigenvalue weighted by Crippen LogP contribution is 2.35. The second-order valence-electron chi connectivity index (χ2n) is 5.13. The average Bonchev–Trinajstić information content (AvgIpc) is 2.91. The number of carbonyl (C=O) groups is 2. The first kappa shape index (κ1) is 14.1. The predicted octanol–water partition coefficient (Wildman–Crippen LogP) is 2.92. The predicted molar refractivity (Wildman–Crippen MR) is 81.1 cm³/mol. The maximum atomic E-state index is 12.1. The maximum Gasteiger partial charge on any atom is 0.308 e. The molecule has 5 nitrogen and oxygen atoms in total. The van der Waals surface area contributed by atoms with Gasteiger partial charge in [-0.05, 0) is 24.3 Å². The molecule has 1 aliphatic heterocycles. The van der Waals surface area contributed by atoms with Crippen molar-refractivity contribution in [1.29, 1.82) is 0 Å². The Kier molecular flexibility index (Phi) is 3.78. The number of rotatable bonds is 4. The molecular weight excluding hydrogens is 282 g/mol. The van der Waals surface area contributed by atoms with Crippen LogP contribution in [0, 0.1) is 5.92 Å². The summed E-state index contributed by atoms with van der Waals surface area (Å²) in [5.74, 6) is -0.615. The molecule has 0 radical (unpaired) electrons. The van der Waals surface area contributed by atoms with Crippen LogP contribution in [-0.2, 0) is 9.59 Å². The van der Waals surface area contributed by atoms with E-state index in [0.717, 1.165) is 0 Å². The topological polar surface area (TPSA) is 66.8 Å². The monoisotopic (exact) mass is 297 g/mol. The lowest BCUT2D eigenvalue weighted by Gasteiger charge is -2.20. The molecule has 3 rings (SSSR count). The van der Waals surface area contributed by atoms with Crippen LogP contribution >= 0.6 is 0 Å². The van der Waals surface area contributed by atoms with Crippen molar-refractivity contribution in [1.82, 2.24) is 0 Å². The van der Waals surface area contributed by atoms with Crippen LogP contribution < -0.4 is 9.64 Å². The fourth-order valence-electron chi connectivity index (χ4n) is 2.49. The molecule has 5 heteroatoms. The largest absolute Gasteiger partial charge is 0.481 e. The fraction of sp³-hybridized carbons (Fsp3) is 0.176. The maximum absolute atomic E-state index is 12.1. The molecule has 1 N–H and O–H groups in total. The number of ether oxygens (including phenoxy) is 1. The van der Waals surface area contributed by atoms with Gasteiger partial charge in [-0.1, -0.05) is 30.3 Å². The van der Waals surface area contributed by atoms with Crippen LogP contribution in [0.5, 0.6) is 11.5 Å². The van der Waals surface area contributed by atoms with Gasteiger partial charge in [-0.3, -0.25) is 9.59 Å². The molecule has 1 unspecified atom stereocenters. The first-order chi connectivity index (χ1) is 10.6. The SMILES string of the molecule is O=C(O)C1CC(=O)N(c2ccccc2Oc2ccccc2)C1. The molecule has 1 heterocycles. The zero-order valence-corrected chi connectivity index (χ0v) is 11.8. The lowest BCUT2D eigenvalue weighted by molar-refractivity contribution is -0.141. The van der Waals surface area contributed by atoms with E-state index < -0.39 is 11.9 Å². The van der Waals surface area contributed by atoms with E-state index in [9.17, 15) is 9.59 Å². The van der Waals surface area contributed by atoms with Gasteiger partial charge < -0.3 is 14.7 Å². The first-order valence-corrected chi connectivity index (χ1v) is 7.00. The van der Waals surface area contributed by atoms with Crippen LogP contribution in [0.3, 0.4) is 0 Å². The Morgan fingerprint density at radius 3 is 2.45 bits per heavy atom. The standard InChI is InChI=1S/C17H15NO4/c19-16-10-12(17(20)21)11-18(16)14-8-4-5-9-15(14)22-13-6-2-1-3-7-13/h1-9,12H,10-11H2,(H,20,21). The number of aliphatic carboxylic acids is 1. The van der Waals surface area contributed by atoms with Crippen molar-refractivity contribution in [3.05, 3.63) is 54.6 Å². The van der Waals surface area contributed by atoms with Crippen LogP contribution in [0.1, 0.15) is 6.42 Å². The van der Waals surface area contributed by atoms with Crippen molar-refractivity contribution in [2.24, 2.45) is 5.92 Å². The summed E-state index contributed by atoms with van der Waals surface area (Å²) < 4.78 is 5.82. The zero-order valence-electron chi connectivity index (χ0n) is 11.8. The molecule has 112 valence electrons.